The number of allylic oxidation sites excluding steroid dienone is 2. The molecule has 3 fully saturated rings. The summed E-state index contributed by atoms with van der Waals surface area (Å²) in [6, 6.07) is 0. The maximum atomic E-state index is 13.2. The Hall–Kier alpha value is -0.743. The largest absolute Gasteiger partial charge is 0.420 e. The second kappa shape index (κ2) is 7.69. The summed E-state index contributed by atoms with van der Waals surface area (Å²) in [5.41, 5.74) is 3.16. The molecule has 0 aromatic heterocycles. The smallest absolute Gasteiger partial charge is 0.170 e. The van der Waals surface area contributed by atoms with Crippen molar-refractivity contribution in [2.45, 2.75) is 98.6 Å². The van der Waals surface area contributed by atoms with Gasteiger partial charge >= 0.3 is 0 Å². The Morgan fingerprint density at radius 1 is 1.03 bits per heavy atom. The molecule has 0 amide bonds. The van der Waals surface area contributed by atoms with Gasteiger partial charge < -0.3 is 4.43 Å². The molecule has 5 atom stereocenters. The second-order valence-corrected chi connectivity index (χ2v) is 14.9. The van der Waals surface area contributed by atoms with Crippen molar-refractivity contribution in [2.24, 2.45) is 34.0 Å². The van der Waals surface area contributed by atoms with Gasteiger partial charge in [-0.25, -0.2) is 0 Å². The van der Waals surface area contributed by atoms with Crippen LogP contribution in [0.25, 0.3) is 0 Å². The number of fused-ring (bicyclic) bond motifs is 5. The van der Waals surface area contributed by atoms with Crippen LogP contribution in [0, 0.1) is 34.0 Å². The van der Waals surface area contributed by atoms with E-state index in [1.54, 1.807) is 0 Å². The predicted molar refractivity (Wildman–Crippen MR) is 124 cm³/mol. The summed E-state index contributed by atoms with van der Waals surface area (Å²) in [7, 11) is -1.15. The molecule has 4 aliphatic rings. The SMILES string of the molecule is CC1=C2CC(=O)CC[C@]2(CC(C)(C)C)[C@H]2CC[C@]3(CO[SiH](C)C)C(=O)CC[C@H]3[C@@H]2C1. The average Bonchev–Trinajstić information content (AvgIpc) is 2.97. The van der Waals surface area contributed by atoms with Crippen molar-refractivity contribution in [3.8, 4) is 0 Å². The van der Waals surface area contributed by atoms with E-state index in [9.17, 15) is 9.59 Å². The lowest BCUT2D eigenvalue weighted by atomic mass is 9.44. The maximum Gasteiger partial charge on any atom is 0.170 e. The van der Waals surface area contributed by atoms with Crippen LogP contribution in [0.3, 0.4) is 0 Å². The summed E-state index contributed by atoms with van der Waals surface area (Å²) in [6.07, 6.45) is 8.66. The van der Waals surface area contributed by atoms with Crippen LogP contribution in [0.5, 0.6) is 0 Å². The highest BCUT2D eigenvalue weighted by atomic mass is 28.3. The normalized spacial score (nSPS) is 39.2. The van der Waals surface area contributed by atoms with Crippen LogP contribution in [0.15, 0.2) is 11.1 Å². The lowest BCUT2D eigenvalue weighted by molar-refractivity contribution is -0.138. The van der Waals surface area contributed by atoms with E-state index in [1.807, 2.05) is 0 Å². The van der Waals surface area contributed by atoms with Crippen molar-refractivity contribution in [1.82, 2.24) is 0 Å². The Balaban J connectivity index is 1.75. The zero-order valence-corrected chi connectivity index (χ0v) is 21.3. The van der Waals surface area contributed by atoms with Crippen molar-refractivity contribution >= 4 is 20.6 Å². The molecule has 4 aliphatic carbocycles. The molecule has 0 aromatic carbocycles. The van der Waals surface area contributed by atoms with Gasteiger partial charge in [0.25, 0.3) is 0 Å². The van der Waals surface area contributed by atoms with Crippen molar-refractivity contribution in [3.05, 3.63) is 11.1 Å². The van der Waals surface area contributed by atoms with Crippen molar-refractivity contribution < 1.29 is 14.0 Å². The minimum Gasteiger partial charge on any atom is -0.420 e. The summed E-state index contributed by atoms with van der Waals surface area (Å²) in [5, 5.41) is 0. The molecule has 168 valence electrons. The highest BCUT2D eigenvalue weighted by Crippen LogP contribution is 2.67. The van der Waals surface area contributed by atoms with Crippen molar-refractivity contribution in [3.63, 3.8) is 0 Å². The lowest BCUT2D eigenvalue weighted by Crippen LogP contribution is -2.55. The highest BCUT2D eigenvalue weighted by Gasteiger charge is 2.62. The van der Waals surface area contributed by atoms with Gasteiger partial charge in [-0.15, -0.1) is 0 Å². The van der Waals surface area contributed by atoms with E-state index in [1.165, 1.54) is 17.6 Å². The fraction of sp³-hybridized carbons (Fsp3) is 0.846. The van der Waals surface area contributed by atoms with Crippen LogP contribution in [0.2, 0.25) is 13.1 Å². The highest BCUT2D eigenvalue weighted by molar-refractivity contribution is 6.48. The van der Waals surface area contributed by atoms with Gasteiger partial charge in [0.2, 0.25) is 0 Å². The fourth-order valence-corrected chi connectivity index (χ4v) is 8.76. The number of hydrogen-bond donors (Lipinski definition) is 0. The van der Waals surface area contributed by atoms with Crippen LogP contribution < -0.4 is 0 Å². The van der Waals surface area contributed by atoms with Gasteiger partial charge in [0.05, 0.1) is 5.41 Å². The summed E-state index contributed by atoms with van der Waals surface area (Å²) >= 11 is 0. The topological polar surface area (TPSA) is 43.4 Å². The van der Waals surface area contributed by atoms with E-state index in [2.05, 4.69) is 40.8 Å². The monoisotopic (exact) mass is 430 g/mol. The molecule has 0 bridgehead atoms. The van der Waals surface area contributed by atoms with E-state index < -0.39 is 9.04 Å². The third-order valence-electron chi connectivity index (χ3n) is 8.99. The van der Waals surface area contributed by atoms with Crippen LogP contribution in [-0.4, -0.2) is 27.2 Å². The van der Waals surface area contributed by atoms with Gasteiger partial charge in [0, 0.05) is 25.9 Å². The van der Waals surface area contributed by atoms with Gasteiger partial charge in [0.1, 0.15) is 11.6 Å². The minimum absolute atomic E-state index is 0.171. The van der Waals surface area contributed by atoms with E-state index in [0.717, 1.165) is 44.9 Å². The molecule has 30 heavy (non-hydrogen) atoms. The molecule has 0 radical (unpaired) electrons. The summed E-state index contributed by atoms with van der Waals surface area (Å²) < 4.78 is 6.25. The number of carbonyl (C=O) groups is 2. The first kappa shape index (κ1) is 22.5. The van der Waals surface area contributed by atoms with Gasteiger partial charge in [-0.05, 0) is 87.1 Å². The molecule has 0 aromatic rings. The van der Waals surface area contributed by atoms with E-state index in [4.69, 9.17) is 4.43 Å². The first-order chi connectivity index (χ1) is 14.0. The van der Waals surface area contributed by atoms with Crippen LogP contribution in [-0.2, 0) is 14.0 Å². The molecule has 0 heterocycles. The zero-order valence-electron chi connectivity index (χ0n) is 20.1. The molecule has 0 spiro atoms. The van der Waals surface area contributed by atoms with Gasteiger partial charge in [-0.3, -0.25) is 9.59 Å². The number of ketones is 2. The lowest BCUT2D eigenvalue weighted by Gasteiger charge is -2.60. The third kappa shape index (κ3) is 3.60. The molecule has 0 N–H and O–H groups in total. The molecular formula is C26H42O3Si. The number of rotatable bonds is 4. The fourth-order valence-electron chi connectivity index (χ4n) is 8.13. The van der Waals surface area contributed by atoms with Crippen LogP contribution >= 0.6 is 0 Å². The molecule has 0 aliphatic heterocycles. The molecule has 4 rings (SSSR count). The predicted octanol–water partition coefficient (Wildman–Crippen LogP) is 5.87. The number of carbonyl (C=O) groups excluding carboxylic acids is 2. The van der Waals surface area contributed by atoms with Crippen molar-refractivity contribution in [2.75, 3.05) is 6.61 Å². The number of hydrogen-bond acceptors (Lipinski definition) is 3. The van der Waals surface area contributed by atoms with E-state index in [0.29, 0.717) is 42.3 Å². The summed E-state index contributed by atoms with van der Waals surface area (Å²) in [5.74, 6) is 2.61. The van der Waals surface area contributed by atoms with Gasteiger partial charge in [-0.2, -0.15) is 0 Å². The molecule has 4 heteroatoms. The van der Waals surface area contributed by atoms with Gasteiger partial charge in [0.15, 0.2) is 9.04 Å². The average molecular weight is 431 g/mol. The zero-order chi connectivity index (χ0) is 21.9. The Morgan fingerprint density at radius 2 is 1.73 bits per heavy atom. The van der Waals surface area contributed by atoms with E-state index >= 15 is 0 Å². The Morgan fingerprint density at radius 3 is 2.40 bits per heavy atom. The maximum absolute atomic E-state index is 13.2. The van der Waals surface area contributed by atoms with Crippen molar-refractivity contribution in [1.29, 1.82) is 0 Å². The quantitative estimate of drug-likeness (QED) is 0.413. The molecule has 0 saturated heterocycles. The Kier molecular flexibility index (Phi) is 5.75. The Bertz CT molecular complexity index is 761. The number of Topliss-reactive ketones (excluding diaryl/α,β-unsaturated/α-hetero) is 2. The molecular weight excluding hydrogens is 388 g/mol. The van der Waals surface area contributed by atoms with Crippen LogP contribution in [0.4, 0.5) is 0 Å². The summed E-state index contributed by atoms with van der Waals surface area (Å²) in [4.78, 5) is 25.7. The Labute approximate surface area is 185 Å². The standard InChI is InChI=1S/C26H42O3Si/c1-17-13-19-20-7-8-23(28)26(20,16-29-30(5)6)12-10-21(19)25(15-24(2,3)4)11-9-18(27)14-22(17)25/h19-21,30H,7-16H2,1-6H3/t19-,20-,21-,25-,26+/m0/s1. The first-order valence-corrected chi connectivity index (χ1v) is 15.1. The molecule has 3 saturated carbocycles. The first-order valence-electron chi connectivity index (χ1n) is 12.3. The molecule has 0 unspecified atom stereocenters. The second-order valence-electron chi connectivity index (χ2n) is 12.5. The van der Waals surface area contributed by atoms with Gasteiger partial charge in [-0.1, -0.05) is 31.9 Å². The van der Waals surface area contributed by atoms with Crippen LogP contribution in [0.1, 0.15) is 85.5 Å². The third-order valence-corrected chi connectivity index (χ3v) is 9.83. The van der Waals surface area contributed by atoms with E-state index in [-0.39, 0.29) is 16.2 Å². The minimum atomic E-state index is -1.15. The summed E-state index contributed by atoms with van der Waals surface area (Å²) in [6.45, 7) is 14.5. The molecule has 3 nitrogen and oxygen atoms in total.